The first-order valence-corrected chi connectivity index (χ1v) is 8.47. The Morgan fingerprint density at radius 2 is 1.84 bits per heavy atom. The van der Waals surface area contributed by atoms with Crippen molar-refractivity contribution in [1.82, 2.24) is 4.57 Å². The molecule has 130 valence electrons. The quantitative estimate of drug-likeness (QED) is 0.693. The van der Waals surface area contributed by atoms with E-state index < -0.39 is 11.7 Å². The van der Waals surface area contributed by atoms with Gasteiger partial charge < -0.3 is 10.3 Å². The van der Waals surface area contributed by atoms with Crippen LogP contribution in [0.2, 0.25) is 0 Å². The van der Waals surface area contributed by atoms with Crippen molar-refractivity contribution < 1.29 is 13.2 Å². The first-order valence-electron chi connectivity index (χ1n) is 8.47. The van der Waals surface area contributed by atoms with E-state index >= 15 is 0 Å². The third kappa shape index (κ3) is 2.82. The van der Waals surface area contributed by atoms with Crippen molar-refractivity contribution in [2.75, 3.05) is 0 Å². The Morgan fingerprint density at radius 1 is 1.08 bits per heavy atom. The summed E-state index contributed by atoms with van der Waals surface area (Å²) >= 11 is 0. The second-order valence-corrected chi connectivity index (χ2v) is 6.66. The molecule has 0 aliphatic heterocycles. The maximum Gasteiger partial charge on any atom is 0.416 e. The lowest BCUT2D eigenvalue weighted by atomic mass is 9.92. The zero-order chi connectivity index (χ0) is 17.6. The van der Waals surface area contributed by atoms with Crippen molar-refractivity contribution in [3.8, 4) is 0 Å². The van der Waals surface area contributed by atoms with Gasteiger partial charge in [-0.15, -0.1) is 0 Å². The van der Waals surface area contributed by atoms with Gasteiger partial charge in [-0.2, -0.15) is 13.2 Å². The van der Waals surface area contributed by atoms with Gasteiger partial charge in [0, 0.05) is 29.2 Å². The van der Waals surface area contributed by atoms with Gasteiger partial charge in [-0.3, -0.25) is 0 Å². The molecule has 1 aliphatic rings. The smallest absolute Gasteiger partial charge is 0.338 e. The topological polar surface area (TPSA) is 30.9 Å². The van der Waals surface area contributed by atoms with E-state index in [4.69, 9.17) is 5.73 Å². The van der Waals surface area contributed by atoms with Crippen LogP contribution in [0, 0.1) is 0 Å². The van der Waals surface area contributed by atoms with Gasteiger partial charge in [0.25, 0.3) is 0 Å². The lowest BCUT2D eigenvalue weighted by Crippen LogP contribution is -2.21. The Kier molecular flexibility index (Phi) is 3.84. The molecule has 5 heteroatoms. The Morgan fingerprint density at radius 3 is 2.56 bits per heavy atom. The molecule has 2 aromatic carbocycles. The van der Waals surface area contributed by atoms with E-state index in [1.54, 1.807) is 6.07 Å². The number of halogens is 3. The largest absolute Gasteiger partial charge is 0.416 e. The molecule has 0 saturated carbocycles. The van der Waals surface area contributed by atoms with Crippen LogP contribution in [-0.2, 0) is 19.1 Å². The van der Waals surface area contributed by atoms with Crippen LogP contribution in [0.15, 0.2) is 48.5 Å². The number of benzene rings is 2. The Bertz CT molecular complexity index is 910. The summed E-state index contributed by atoms with van der Waals surface area (Å²) in [5, 5.41) is 0.691. The molecule has 0 saturated heterocycles. The molecular weight excluding hydrogens is 325 g/mol. The zero-order valence-electron chi connectivity index (χ0n) is 13.7. The summed E-state index contributed by atoms with van der Waals surface area (Å²) in [4.78, 5) is 0. The van der Waals surface area contributed by atoms with Crippen LogP contribution < -0.4 is 5.73 Å². The predicted octanol–water partition coefficient (Wildman–Crippen LogP) is 5.04. The summed E-state index contributed by atoms with van der Waals surface area (Å²) in [5.74, 6) is 0. The fourth-order valence-electron chi connectivity index (χ4n) is 3.88. The Labute approximate surface area is 144 Å². The summed E-state index contributed by atoms with van der Waals surface area (Å²) in [7, 11) is 0. The SMILES string of the molecule is NC1CCCc2c1n(Cc1ccccc1)c1ccc(C(F)(F)F)cc21. The van der Waals surface area contributed by atoms with E-state index in [0.29, 0.717) is 11.9 Å². The fraction of sp³-hybridized carbons (Fsp3) is 0.300. The van der Waals surface area contributed by atoms with Gasteiger partial charge in [-0.05, 0) is 48.6 Å². The van der Waals surface area contributed by atoms with Crippen molar-refractivity contribution in [2.24, 2.45) is 5.73 Å². The average Bonchev–Trinajstić information content (AvgIpc) is 2.90. The molecule has 2 nitrogen and oxygen atoms in total. The van der Waals surface area contributed by atoms with Gasteiger partial charge >= 0.3 is 6.18 Å². The first-order chi connectivity index (χ1) is 11.9. The van der Waals surface area contributed by atoms with Gasteiger partial charge in [0.15, 0.2) is 0 Å². The number of aryl methyl sites for hydroxylation is 1. The van der Waals surface area contributed by atoms with Crippen molar-refractivity contribution in [2.45, 2.75) is 38.0 Å². The first kappa shape index (κ1) is 16.2. The number of hydrogen-bond acceptors (Lipinski definition) is 1. The monoisotopic (exact) mass is 344 g/mol. The molecule has 1 aromatic heterocycles. The van der Waals surface area contributed by atoms with E-state index in [9.17, 15) is 13.2 Å². The number of hydrogen-bond donors (Lipinski definition) is 1. The maximum atomic E-state index is 13.1. The summed E-state index contributed by atoms with van der Waals surface area (Å²) < 4.78 is 41.5. The Hall–Kier alpha value is -2.27. The minimum Gasteiger partial charge on any atom is -0.338 e. The summed E-state index contributed by atoms with van der Waals surface area (Å²) in [6, 6.07) is 13.8. The highest BCUT2D eigenvalue weighted by atomic mass is 19.4. The van der Waals surface area contributed by atoms with E-state index in [1.165, 1.54) is 12.1 Å². The van der Waals surface area contributed by atoms with Crippen molar-refractivity contribution in [3.63, 3.8) is 0 Å². The minimum atomic E-state index is -4.33. The summed E-state index contributed by atoms with van der Waals surface area (Å²) in [6.07, 6.45) is -1.78. The molecule has 3 aromatic rings. The molecule has 1 unspecified atom stereocenters. The molecule has 1 atom stereocenters. The molecular formula is C20H19F3N2. The lowest BCUT2D eigenvalue weighted by Gasteiger charge is -2.22. The second kappa shape index (κ2) is 5.92. The highest BCUT2D eigenvalue weighted by molar-refractivity contribution is 5.87. The number of alkyl halides is 3. The van der Waals surface area contributed by atoms with Gasteiger partial charge in [0.05, 0.1) is 5.56 Å². The van der Waals surface area contributed by atoms with Crippen LogP contribution in [0.4, 0.5) is 13.2 Å². The van der Waals surface area contributed by atoms with E-state index in [0.717, 1.165) is 41.6 Å². The molecule has 1 heterocycles. The van der Waals surface area contributed by atoms with Crippen LogP contribution in [0.25, 0.3) is 10.9 Å². The number of nitrogens with two attached hydrogens (primary N) is 1. The lowest BCUT2D eigenvalue weighted by molar-refractivity contribution is -0.137. The highest BCUT2D eigenvalue weighted by Gasteiger charge is 2.32. The van der Waals surface area contributed by atoms with Crippen LogP contribution in [0.1, 0.15) is 41.3 Å². The molecule has 0 bridgehead atoms. The van der Waals surface area contributed by atoms with Gasteiger partial charge in [-0.1, -0.05) is 30.3 Å². The van der Waals surface area contributed by atoms with Gasteiger partial charge in [0.2, 0.25) is 0 Å². The molecule has 2 N–H and O–H groups in total. The fourth-order valence-corrected chi connectivity index (χ4v) is 3.88. The van der Waals surface area contributed by atoms with Crippen molar-refractivity contribution in [3.05, 3.63) is 70.9 Å². The highest BCUT2D eigenvalue weighted by Crippen LogP contribution is 2.39. The normalized spacial score (nSPS) is 17.7. The molecule has 25 heavy (non-hydrogen) atoms. The third-order valence-corrected chi connectivity index (χ3v) is 5.02. The van der Waals surface area contributed by atoms with Crippen LogP contribution in [0.5, 0.6) is 0 Å². The average molecular weight is 344 g/mol. The standard InChI is InChI=1S/C20H19F3N2/c21-20(22,23)14-9-10-18-16(11-14)15-7-4-8-17(24)19(15)25(18)12-13-5-2-1-3-6-13/h1-3,5-6,9-11,17H,4,7-8,12,24H2. The summed E-state index contributed by atoms with van der Waals surface area (Å²) in [6.45, 7) is 0.617. The van der Waals surface area contributed by atoms with Gasteiger partial charge in [-0.25, -0.2) is 0 Å². The van der Waals surface area contributed by atoms with Crippen molar-refractivity contribution in [1.29, 1.82) is 0 Å². The second-order valence-electron chi connectivity index (χ2n) is 6.66. The number of nitrogens with zero attached hydrogens (tertiary/aromatic N) is 1. The molecule has 0 spiro atoms. The van der Waals surface area contributed by atoms with Crippen LogP contribution in [-0.4, -0.2) is 4.57 Å². The van der Waals surface area contributed by atoms with Crippen molar-refractivity contribution >= 4 is 10.9 Å². The molecule has 0 fully saturated rings. The van der Waals surface area contributed by atoms with Crippen LogP contribution >= 0.6 is 0 Å². The van der Waals surface area contributed by atoms with E-state index in [1.807, 2.05) is 30.3 Å². The zero-order valence-corrected chi connectivity index (χ0v) is 13.7. The third-order valence-electron chi connectivity index (χ3n) is 5.02. The predicted molar refractivity (Wildman–Crippen MR) is 92.4 cm³/mol. The molecule has 0 radical (unpaired) electrons. The number of fused-ring (bicyclic) bond motifs is 3. The van der Waals surface area contributed by atoms with E-state index in [2.05, 4.69) is 4.57 Å². The molecule has 0 amide bonds. The van der Waals surface area contributed by atoms with E-state index in [-0.39, 0.29) is 6.04 Å². The maximum absolute atomic E-state index is 13.1. The van der Waals surface area contributed by atoms with Crippen LogP contribution in [0.3, 0.4) is 0 Å². The minimum absolute atomic E-state index is 0.130. The molecule has 4 rings (SSSR count). The summed E-state index contributed by atoms with van der Waals surface area (Å²) in [5.41, 5.74) is 9.66. The Balaban J connectivity index is 1.93. The number of rotatable bonds is 2. The van der Waals surface area contributed by atoms with Gasteiger partial charge in [0.1, 0.15) is 0 Å². The number of aromatic nitrogens is 1. The molecule has 1 aliphatic carbocycles.